The lowest BCUT2D eigenvalue weighted by Gasteiger charge is -2.41. The van der Waals surface area contributed by atoms with Crippen LogP contribution in [0.2, 0.25) is 0 Å². The number of ether oxygens (including phenoxy) is 2. The average molecular weight is 585 g/mol. The standard InChI is InChI=1S/C33H37FN6O3/c1-21-7-5-8-24-9-6-10-29(30(21)24)38-14-13-27-28(19-38)36-33(42-20-22(2)43-26-11-12-26)37-31(27)39-15-16-40(32(41)23(3)34)25(18-39)17-35-4/h5-10,22,25-26H,3,11-20H2,1-2H3/t22-,25-/m0/s1. The smallest absolute Gasteiger partial charge is 0.318 e. The van der Waals surface area contributed by atoms with E-state index in [2.05, 4.69) is 64.5 Å². The highest BCUT2D eigenvalue weighted by molar-refractivity contribution is 5.97. The summed E-state index contributed by atoms with van der Waals surface area (Å²) >= 11 is 0. The van der Waals surface area contributed by atoms with E-state index in [-0.39, 0.29) is 25.2 Å². The largest absolute Gasteiger partial charge is 0.461 e. The lowest BCUT2D eigenvalue weighted by Crippen LogP contribution is -2.57. The predicted octanol–water partition coefficient (Wildman–Crippen LogP) is 4.87. The fourth-order valence-electron chi connectivity index (χ4n) is 6.19. The molecule has 3 aromatic rings. The van der Waals surface area contributed by atoms with E-state index >= 15 is 0 Å². The Balaban J connectivity index is 1.32. The van der Waals surface area contributed by atoms with Gasteiger partial charge in [0.2, 0.25) is 6.54 Å². The number of fused-ring (bicyclic) bond motifs is 2. The van der Waals surface area contributed by atoms with Crippen LogP contribution in [0, 0.1) is 13.5 Å². The minimum Gasteiger partial charge on any atom is -0.461 e. The maximum atomic E-state index is 13.8. The average Bonchev–Trinajstić information content (AvgIpc) is 3.83. The number of hydrogen-bond acceptors (Lipinski definition) is 7. The number of rotatable bonds is 9. The van der Waals surface area contributed by atoms with Crippen LogP contribution in [0.15, 0.2) is 48.8 Å². The molecule has 1 saturated carbocycles. The minimum absolute atomic E-state index is 0.0659. The molecule has 2 atom stereocenters. The molecule has 1 aromatic heterocycles. The first-order valence-electron chi connectivity index (χ1n) is 15.0. The van der Waals surface area contributed by atoms with Crippen LogP contribution in [-0.2, 0) is 22.5 Å². The van der Waals surface area contributed by atoms with Crippen molar-refractivity contribution in [2.24, 2.45) is 0 Å². The van der Waals surface area contributed by atoms with E-state index in [1.807, 2.05) is 6.92 Å². The normalized spacial score (nSPS) is 19.1. The van der Waals surface area contributed by atoms with Gasteiger partial charge < -0.3 is 29.0 Å². The van der Waals surface area contributed by atoms with E-state index in [0.29, 0.717) is 32.3 Å². The first-order chi connectivity index (χ1) is 20.8. The number of halogens is 1. The second kappa shape index (κ2) is 12.2. The molecule has 2 fully saturated rings. The second-order valence-corrected chi connectivity index (χ2v) is 11.7. The molecule has 3 heterocycles. The summed E-state index contributed by atoms with van der Waals surface area (Å²) in [5.41, 5.74) is 4.33. The van der Waals surface area contributed by atoms with Crippen LogP contribution in [0.1, 0.15) is 36.6 Å². The molecule has 1 amide bonds. The van der Waals surface area contributed by atoms with Gasteiger partial charge in [-0.3, -0.25) is 4.79 Å². The predicted molar refractivity (Wildman–Crippen MR) is 164 cm³/mol. The molecule has 3 aliphatic rings. The molecule has 0 unspecified atom stereocenters. The molecule has 0 bridgehead atoms. The maximum absolute atomic E-state index is 13.8. The molecule has 9 nitrogen and oxygen atoms in total. The molecule has 224 valence electrons. The zero-order chi connectivity index (χ0) is 30.1. The third-order valence-electron chi connectivity index (χ3n) is 8.43. The van der Waals surface area contributed by atoms with Crippen LogP contribution >= 0.6 is 0 Å². The van der Waals surface area contributed by atoms with Crippen LogP contribution in [0.3, 0.4) is 0 Å². The van der Waals surface area contributed by atoms with E-state index in [0.717, 1.165) is 42.9 Å². The van der Waals surface area contributed by atoms with E-state index in [9.17, 15) is 9.18 Å². The molecular formula is C33H37FN6O3. The van der Waals surface area contributed by atoms with Gasteiger partial charge in [-0.2, -0.15) is 9.97 Å². The Hall–Kier alpha value is -4.23. The van der Waals surface area contributed by atoms with E-state index in [1.165, 1.54) is 26.9 Å². The van der Waals surface area contributed by atoms with Crippen LogP contribution < -0.4 is 14.5 Å². The van der Waals surface area contributed by atoms with Gasteiger partial charge in [0.15, 0.2) is 5.83 Å². The summed E-state index contributed by atoms with van der Waals surface area (Å²) in [4.78, 5) is 31.7. The number of amides is 1. The lowest BCUT2D eigenvalue weighted by molar-refractivity contribution is -0.131. The number of hydrogen-bond donors (Lipinski definition) is 0. The van der Waals surface area contributed by atoms with Crippen molar-refractivity contribution >= 4 is 28.2 Å². The van der Waals surface area contributed by atoms with Gasteiger partial charge >= 0.3 is 6.01 Å². The Kier molecular flexibility index (Phi) is 8.17. The number of carbonyl (C=O) groups is 1. The Labute approximate surface area is 251 Å². The molecule has 1 saturated heterocycles. The van der Waals surface area contributed by atoms with Crippen LogP contribution in [0.4, 0.5) is 15.9 Å². The number of anilines is 2. The Morgan fingerprint density at radius 2 is 1.95 bits per heavy atom. The van der Waals surface area contributed by atoms with E-state index in [4.69, 9.17) is 26.0 Å². The van der Waals surface area contributed by atoms with Gasteiger partial charge in [0, 0.05) is 42.8 Å². The first-order valence-corrected chi connectivity index (χ1v) is 15.0. The van der Waals surface area contributed by atoms with Crippen molar-refractivity contribution in [3.05, 3.63) is 77.0 Å². The Morgan fingerprint density at radius 3 is 2.70 bits per heavy atom. The molecule has 43 heavy (non-hydrogen) atoms. The van der Waals surface area contributed by atoms with Gasteiger partial charge in [0.05, 0.1) is 24.4 Å². The van der Waals surface area contributed by atoms with Crippen molar-refractivity contribution < 1.29 is 18.7 Å². The highest BCUT2D eigenvalue weighted by atomic mass is 19.1. The van der Waals surface area contributed by atoms with Gasteiger partial charge in [0.1, 0.15) is 18.5 Å². The second-order valence-electron chi connectivity index (χ2n) is 11.7. The third-order valence-corrected chi connectivity index (χ3v) is 8.43. The van der Waals surface area contributed by atoms with Gasteiger partial charge in [-0.1, -0.05) is 36.9 Å². The minimum atomic E-state index is -1.01. The lowest BCUT2D eigenvalue weighted by atomic mass is 9.99. The molecule has 0 radical (unpaired) electrons. The van der Waals surface area contributed by atoms with Crippen molar-refractivity contribution in [2.45, 2.75) is 57.9 Å². The van der Waals surface area contributed by atoms with Crippen molar-refractivity contribution in [1.82, 2.24) is 14.9 Å². The third kappa shape index (κ3) is 6.13. The summed E-state index contributed by atoms with van der Waals surface area (Å²) in [5.74, 6) is -1.01. The summed E-state index contributed by atoms with van der Waals surface area (Å²) in [7, 11) is 0. The molecule has 6 rings (SSSR count). The van der Waals surface area contributed by atoms with E-state index in [1.54, 1.807) is 0 Å². The number of nitrogens with zero attached hydrogens (tertiary/aromatic N) is 6. The monoisotopic (exact) mass is 584 g/mol. The van der Waals surface area contributed by atoms with Gasteiger partial charge in [-0.05, 0) is 50.1 Å². The van der Waals surface area contributed by atoms with Crippen molar-refractivity contribution in [2.75, 3.05) is 49.1 Å². The molecule has 2 aromatic carbocycles. The Morgan fingerprint density at radius 1 is 1.16 bits per heavy atom. The summed E-state index contributed by atoms with van der Waals surface area (Å²) in [6.45, 7) is 17.6. The summed E-state index contributed by atoms with van der Waals surface area (Å²) < 4.78 is 25.9. The summed E-state index contributed by atoms with van der Waals surface area (Å²) in [6.07, 6.45) is 3.13. The van der Waals surface area contributed by atoms with Crippen molar-refractivity contribution in [3.8, 4) is 6.01 Å². The summed E-state index contributed by atoms with van der Waals surface area (Å²) in [6, 6.07) is 12.6. The van der Waals surface area contributed by atoms with Crippen molar-refractivity contribution in [1.29, 1.82) is 0 Å². The molecule has 0 spiro atoms. The highest BCUT2D eigenvalue weighted by Crippen LogP contribution is 2.36. The zero-order valence-corrected chi connectivity index (χ0v) is 24.8. The number of piperazine rings is 1. The number of carbonyl (C=O) groups excluding carboxylic acids is 1. The number of benzene rings is 2. The number of aromatic nitrogens is 2. The maximum Gasteiger partial charge on any atom is 0.318 e. The molecule has 2 aliphatic heterocycles. The number of aryl methyl sites for hydroxylation is 1. The molecular weight excluding hydrogens is 547 g/mol. The highest BCUT2D eigenvalue weighted by Gasteiger charge is 2.36. The quantitative estimate of drug-likeness (QED) is 0.263. The van der Waals surface area contributed by atoms with Crippen molar-refractivity contribution in [3.63, 3.8) is 0 Å². The molecule has 10 heteroatoms. The Bertz CT molecular complexity index is 1580. The van der Waals surface area contributed by atoms with E-state index < -0.39 is 17.8 Å². The fraction of sp³-hybridized carbons (Fsp3) is 0.455. The first kappa shape index (κ1) is 28.9. The van der Waals surface area contributed by atoms with Crippen LogP contribution in [0.25, 0.3) is 15.6 Å². The SMILES string of the molecule is [C-]#[N+]C[C@H]1CN(c2nc(OC[C@H](C)OC3CC3)nc3c2CCN(c2cccc4cccc(C)c24)C3)CCN1C(=O)C(=C)F. The van der Waals surface area contributed by atoms with Gasteiger partial charge in [-0.15, -0.1) is 0 Å². The topological polar surface area (TPSA) is 75.4 Å². The van der Waals surface area contributed by atoms with Crippen LogP contribution in [0.5, 0.6) is 6.01 Å². The van der Waals surface area contributed by atoms with Gasteiger partial charge in [-0.25, -0.2) is 11.0 Å². The zero-order valence-electron chi connectivity index (χ0n) is 24.8. The molecule has 0 N–H and O–H groups in total. The molecule has 1 aliphatic carbocycles. The van der Waals surface area contributed by atoms with Gasteiger partial charge in [0.25, 0.3) is 5.91 Å². The summed E-state index contributed by atoms with van der Waals surface area (Å²) in [5, 5.41) is 2.44. The van der Waals surface area contributed by atoms with Crippen LogP contribution in [-0.4, -0.2) is 78.4 Å². The fourth-order valence-corrected chi connectivity index (χ4v) is 6.19.